The van der Waals surface area contributed by atoms with E-state index in [4.69, 9.17) is 11.5 Å². The van der Waals surface area contributed by atoms with Crippen molar-refractivity contribution in [3.63, 3.8) is 0 Å². The highest BCUT2D eigenvalue weighted by molar-refractivity contribution is 4.85. The van der Waals surface area contributed by atoms with Crippen LogP contribution in [0.3, 0.4) is 0 Å². The second kappa shape index (κ2) is 7.32. The van der Waals surface area contributed by atoms with Crippen molar-refractivity contribution in [3.05, 3.63) is 12.7 Å². The Balaban J connectivity index is 3.53. The van der Waals surface area contributed by atoms with Gasteiger partial charge < -0.3 is 11.5 Å². The highest BCUT2D eigenvalue weighted by Gasteiger charge is 2.10. The second-order valence-electron chi connectivity index (χ2n) is 3.26. The van der Waals surface area contributed by atoms with Crippen LogP contribution in [0.5, 0.6) is 0 Å². The Hall–Kier alpha value is -0.340. The van der Waals surface area contributed by atoms with Crippen LogP contribution in [0, 0.1) is 5.92 Å². The van der Waals surface area contributed by atoms with E-state index in [1.165, 1.54) is 0 Å². The summed E-state index contributed by atoms with van der Waals surface area (Å²) in [4.78, 5) is 0. The van der Waals surface area contributed by atoms with Gasteiger partial charge in [-0.1, -0.05) is 19.4 Å². The topological polar surface area (TPSA) is 52.0 Å². The Morgan fingerprint density at radius 3 is 2.50 bits per heavy atom. The maximum Gasteiger partial charge on any atom is 0.0102 e. The molecule has 0 aromatic carbocycles. The van der Waals surface area contributed by atoms with Gasteiger partial charge in [-0.3, -0.25) is 0 Å². The molecule has 0 bridgehead atoms. The Morgan fingerprint density at radius 2 is 2.08 bits per heavy atom. The lowest BCUT2D eigenvalue weighted by Gasteiger charge is -2.18. The molecule has 2 nitrogen and oxygen atoms in total. The lowest BCUT2D eigenvalue weighted by Crippen LogP contribution is -2.28. The minimum Gasteiger partial charge on any atom is -0.330 e. The third-order valence-electron chi connectivity index (χ3n) is 2.32. The molecule has 0 radical (unpaired) electrons. The number of hydrogen-bond acceptors (Lipinski definition) is 2. The first kappa shape index (κ1) is 11.7. The van der Waals surface area contributed by atoms with Gasteiger partial charge in [0.1, 0.15) is 0 Å². The molecule has 0 aliphatic carbocycles. The van der Waals surface area contributed by atoms with Gasteiger partial charge in [0.25, 0.3) is 0 Å². The van der Waals surface area contributed by atoms with Gasteiger partial charge in [0.15, 0.2) is 0 Å². The zero-order valence-corrected chi connectivity index (χ0v) is 8.13. The van der Waals surface area contributed by atoms with E-state index in [-0.39, 0.29) is 6.04 Å². The Bertz CT molecular complexity index is 112. The summed E-state index contributed by atoms with van der Waals surface area (Å²) in [5, 5.41) is 0. The van der Waals surface area contributed by atoms with Gasteiger partial charge in [-0.25, -0.2) is 0 Å². The van der Waals surface area contributed by atoms with Gasteiger partial charge in [-0.15, -0.1) is 6.58 Å². The van der Waals surface area contributed by atoms with E-state index in [2.05, 4.69) is 13.5 Å². The van der Waals surface area contributed by atoms with Gasteiger partial charge in [-0.05, 0) is 31.7 Å². The highest BCUT2D eigenvalue weighted by Crippen LogP contribution is 2.12. The molecular formula is C10H22N2. The standard InChI is InChI=1S/C10H22N2/c1-3-9(4-2)10(12)7-5-6-8-11/h3,9-10H,1,4-8,11-12H2,2H3. The third kappa shape index (κ3) is 4.52. The molecule has 0 rings (SSSR count). The summed E-state index contributed by atoms with van der Waals surface area (Å²) < 4.78 is 0. The van der Waals surface area contributed by atoms with Crippen molar-refractivity contribution in [2.24, 2.45) is 17.4 Å². The molecule has 0 amide bonds. The first-order chi connectivity index (χ1) is 5.76. The van der Waals surface area contributed by atoms with Crippen molar-refractivity contribution < 1.29 is 0 Å². The van der Waals surface area contributed by atoms with E-state index in [1.807, 2.05) is 6.08 Å². The van der Waals surface area contributed by atoms with Crippen LogP contribution >= 0.6 is 0 Å². The van der Waals surface area contributed by atoms with Crippen molar-refractivity contribution in [3.8, 4) is 0 Å². The summed E-state index contributed by atoms with van der Waals surface area (Å²) in [6, 6.07) is 0.277. The van der Waals surface area contributed by atoms with Crippen molar-refractivity contribution in [1.29, 1.82) is 0 Å². The molecule has 4 N–H and O–H groups in total. The summed E-state index contributed by atoms with van der Waals surface area (Å²) in [6.07, 6.45) is 6.35. The lowest BCUT2D eigenvalue weighted by molar-refractivity contribution is 0.445. The fourth-order valence-corrected chi connectivity index (χ4v) is 1.38. The van der Waals surface area contributed by atoms with Gasteiger partial charge >= 0.3 is 0 Å². The maximum absolute atomic E-state index is 5.97. The van der Waals surface area contributed by atoms with E-state index in [0.29, 0.717) is 5.92 Å². The van der Waals surface area contributed by atoms with Crippen LogP contribution in [0.2, 0.25) is 0 Å². The minimum atomic E-state index is 0.277. The Morgan fingerprint density at radius 1 is 1.42 bits per heavy atom. The Labute approximate surface area is 76.0 Å². The van der Waals surface area contributed by atoms with Crippen molar-refractivity contribution >= 4 is 0 Å². The largest absolute Gasteiger partial charge is 0.330 e. The molecule has 0 saturated carbocycles. The van der Waals surface area contributed by atoms with Crippen LogP contribution in [-0.2, 0) is 0 Å². The third-order valence-corrected chi connectivity index (χ3v) is 2.32. The summed E-state index contributed by atoms with van der Waals surface area (Å²) in [5.74, 6) is 0.475. The summed E-state index contributed by atoms with van der Waals surface area (Å²) >= 11 is 0. The van der Waals surface area contributed by atoms with Crippen LogP contribution in [0.1, 0.15) is 32.6 Å². The first-order valence-corrected chi connectivity index (χ1v) is 4.84. The van der Waals surface area contributed by atoms with Crippen molar-refractivity contribution in [2.45, 2.75) is 38.6 Å². The molecule has 72 valence electrons. The molecule has 12 heavy (non-hydrogen) atoms. The smallest absolute Gasteiger partial charge is 0.0102 e. The predicted octanol–water partition coefficient (Wildman–Crippen LogP) is 1.65. The zero-order valence-electron chi connectivity index (χ0n) is 8.13. The van der Waals surface area contributed by atoms with Gasteiger partial charge in [-0.2, -0.15) is 0 Å². The van der Waals surface area contributed by atoms with Gasteiger partial charge in [0.2, 0.25) is 0 Å². The summed E-state index contributed by atoms with van der Waals surface area (Å²) in [6.45, 7) is 6.70. The van der Waals surface area contributed by atoms with Crippen LogP contribution in [0.25, 0.3) is 0 Å². The Kier molecular flexibility index (Phi) is 7.11. The van der Waals surface area contributed by atoms with Crippen molar-refractivity contribution in [2.75, 3.05) is 6.54 Å². The molecule has 0 aliphatic rings. The number of unbranched alkanes of at least 4 members (excludes halogenated alkanes) is 1. The molecule has 0 aromatic heterocycles. The SMILES string of the molecule is C=CC(CC)C(N)CCCCN. The first-order valence-electron chi connectivity index (χ1n) is 4.84. The fraction of sp³-hybridized carbons (Fsp3) is 0.800. The van der Waals surface area contributed by atoms with E-state index in [9.17, 15) is 0 Å². The maximum atomic E-state index is 5.97. The number of hydrogen-bond donors (Lipinski definition) is 2. The van der Waals surface area contributed by atoms with E-state index in [1.54, 1.807) is 0 Å². The molecule has 0 aliphatic heterocycles. The second-order valence-corrected chi connectivity index (χ2v) is 3.26. The van der Waals surface area contributed by atoms with E-state index >= 15 is 0 Å². The van der Waals surface area contributed by atoms with Crippen LogP contribution in [0.15, 0.2) is 12.7 Å². The van der Waals surface area contributed by atoms with E-state index in [0.717, 1.165) is 32.2 Å². The molecule has 0 aromatic rings. The average Bonchev–Trinajstić information content (AvgIpc) is 2.07. The normalized spacial score (nSPS) is 15.6. The molecular weight excluding hydrogens is 148 g/mol. The zero-order chi connectivity index (χ0) is 9.40. The summed E-state index contributed by atoms with van der Waals surface area (Å²) in [7, 11) is 0. The predicted molar refractivity (Wildman–Crippen MR) is 54.9 cm³/mol. The molecule has 2 heteroatoms. The van der Waals surface area contributed by atoms with Gasteiger partial charge in [0.05, 0.1) is 0 Å². The number of nitrogens with two attached hydrogens (primary N) is 2. The lowest BCUT2D eigenvalue weighted by atomic mass is 9.94. The molecule has 0 fully saturated rings. The monoisotopic (exact) mass is 170 g/mol. The molecule has 0 heterocycles. The summed E-state index contributed by atoms with van der Waals surface area (Å²) in [5.41, 5.74) is 11.4. The van der Waals surface area contributed by atoms with Crippen LogP contribution < -0.4 is 11.5 Å². The van der Waals surface area contributed by atoms with Crippen molar-refractivity contribution in [1.82, 2.24) is 0 Å². The fourth-order valence-electron chi connectivity index (χ4n) is 1.38. The number of rotatable bonds is 7. The van der Waals surface area contributed by atoms with Crippen LogP contribution in [0.4, 0.5) is 0 Å². The average molecular weight is 170 g/mol. The quantitative estimate of drug-likeness (QED) is 0.451. The van der Waals surface area contributed by atoms with E-state index < -0.39 is 0 Å². The minimum absolute atomic E-state index is 0.277. The molecule has 0 spiro atoms. The highest BCUT2D eigenvalue weighted by atomic mass is 14.6. The van der Waals surface area contributed by atoms with Gasteiger partial charge in [0, 0.05) is 6.04 Å². The molecule has 0 saturated heterocycles. The van der Waals surface area contributed by atoms with Crippen LogP contribution in [-0.4, -0.2) is 12.6 Å². The molecule has 2 atom stereocenters. The molecule has 2 unspecified atom stereocenters.